The molecule has 2 nitrogen and oxygen atoms in total. The Labute approximate surface area is 195 Å². The van der Waals surface area contributed by atoms with Crippen LogP contribution < -0.4 is 4.74 Å². The fraction of sp³-hybridized carbons (Fsp3) is 0.370. The van der Waals surface area contributed by atoms with Gasteiger partial charge in [0.1, 0.15) is 5.75 Å². The average molecular weight is 579 g/mol. The number of aromatic nitrogens is 1. The summed E-state index contributed by atoms with van der Waals surface area (Å²) < 4.78 is 6.01. The van der Waals surface area contributed by atoms with Gasteiger partial charge in [0.15, 0.2) is 0 Å². The first kappa shape index (κ1) is 24.3. The first-order valence-corrected chi connectivity index (χ1v) is 11.0. The molecule has 1 radical (unpaired) electrons. The van der Waals surface area contributed by atoms with E-state index in [9.17, 15) is 0 Å². The molecule has 3 heteroatoms. The third-order valence-corrected chi connectivity index (χ3v) is 5.18. The van der Waals surface area contributed by atoms with E-state index in [1.807, 2.05) is 36.5 Å². The first-order chi connectivity index (χ1) is 14.4. The van der Waals surface area contributed by atoms with Gasteiger partial charge in [0.2, 0.25) is 0 Å². The number of benzene rings is 2. The third kappa shape index (κ3) is 8.05. The van der Waals surface area contributed by atoms with Gasteiger partial charge < -0.3 is 9.72 Å². The van der Waals surface area contributed by atoms with Crippen molar-refractivity contribution in [2.24, 2.45) is 0 Å². The molecule has 0 aliphatic rings. The van der Waals surface area contributed by atoms with Gasteiger partial charge in [-0.1, -0.05) is 76.1 Å². The molecular formula is C27H32IrNO-. The van der Waals surface area contributed by atoms with Crippen molar-refractivity contribution in [1.82, 2.24) is 4.98 Å². The number of ether oxygens (including phenoxy) is 1. The SMILES string of the molecule is CCCCCCCCCCOc1cccc(-c2cc[c-]c(-c3ccccn3)c2)c1.[Ir]. The minimum absolute atomic E-state index is 0. The summed E-state index contributed by atoms with van der Waals surface area (Å²) in [4.78, 5) is 4.43. The Morgan fingerprint density at radius 2 is 1.57 bits per heavy atom. The molecule has 0 fully saturated rings. The van der Waals surface area contributed by atoms with Crippen molar-refractivity contribution in [2.75, 3.05) is 6.61 Å². The molecule has 0 atom stereocenters. The van der Waals surface area contributed by atoms with Gasteiger partial charge in [0.25, 0.3) is 0 Å². The molecule has 0 unspecified atom stereocenters. The van der Waals surface area contributed by atoms with Crippen LogP contribution in [-0.4, -0.2) is 11.6 Å². The van der Waals surface area contributed by atoms with E-state index in [0.29, 0.717) is 0 Å². The van der Waals surface area contributed by atoms with Gasteiger partial charge in [-0.15, -0.1) is 35.4 Å². The predicted molar refractivity (Wildman–Crippen MR) is 122 cm³/mol. The van der Waals surface area contributed by atoms with E-state index in [2.05, 4.69) is 48.3 Å². The largest absolute Gasteiger partial charge is 0.494 e. The van der Waals surface area contributed by atoms with Crippen molar-refractivity contribution < 1.29 is 24.8 Å². The van der Waals surface area contributed by atoms with E-state index in [1.165, 1.54) is 44.9 Å². The molecule has 161 valence electrons. The fourth-order valence-corrected chi connectivity index (χ4v) is 3.51. The molecule has 0 spiro atoms. The van der Waals surface area contributed by atoms with Crippen LogP contribution in [0.2, 0.25) is 0 Å². The minimum atomic E-state index is 0. The quantitative estimate of drug-likeness (QED) is 0.162. The number of pyridine rings is 1. The second-order valence-electron chi connectivity index (χ2n) is 7.56. The van der Waals surface area contributed by atoms with Gasteiger partial charge in [-0.2, -0.15) is 0 Å². The summed E-state index contributed by atoms with van der Waals surface area (Å²) in [7, 11) is 0. The zero-order chi connectivity index (χ0) is 20.2. The van der Waals surface area contributed by atoms with Crippen LogP contribution in [0.3, 0.4) is 0 Å². The summed E-state index contributed by atoms with van der Waals surface area (Å²) in [6.07, 6.45) is 12.3. The summed E-state index contributed by atoms with van der Waals surface area (Å²) in [5, 5.41) is 0. The van der Waals surface area contributed by atoms with Crippen LogP contribution in [0, 0.1) is 6.07 Å². The molecule has 0 saturated heterocycles. The average Bonchev–Trinajstić information content (AvgIpc) is 2.79. The number of rotatable bonds is 12. The molecule has 3 aromatic rings. The maximum atomic E-state index is 6.01. The number of unbranched alkanes of at least 4 members (excludes halogenated alkanes) is 7. The molecule has 0 aliphatic carbocycles. The second-order valence-corrected chi connectivity index (χ2v) is 7.56. The number of nitrogens with zero attached hydrogens (tertiary/aromatic N) is 1. The van der Waals surface area contributed by atoms with Crippen LogP contribution in [0.1, 0.15) is 58.3 Å². The number of hydrogen-bond acceptors (Lipinski definition) is 2. The third-order valence-electron chi connectivity index (χ3n) is 5.18. The molecule has 0 saturated carbocycles. The summed E-state index contributed by atoms with van der Waals surface area (Å²) in [5.41, 5.74) is 4.26. The first-order valence-electron chi connectivity index (χ1n) is 11.0. The van der Waals surface area contributed by atoms with Crippen molar-refractivity contribution in [3.05, 3.63) is 72.9 Å². The Morgan fingerprint density at radius 3 is 2.33 bits per heavy atom. The van der Waals surface area contributed by atoms with E-state index in [1.54, 1.807) is 0 Å². The Balaban J connectivity index is 0.00000320. The Hall–Kier alpha value is -1.96. The minimum Gasteiger partial charge on any atom is -0.494 e. The molecule has 1 heterocycles. The zero-order valence-electron chi connectivity index (χ0n) is 17.9. The van der Waals surface area contributed by atoms with Gasteiger partial charge in [-0.05, 0) is 35.9 Å². The second kappa shape index (κ2) is 14.1. The van der Waals surface area contributed by atoms with E-state index in [-0.39, 0.29) is 20.1 Å². The normalized spacial score (nSPS) is 10.4. The van der Waals surface area contributed by atoms with Crippen LogP contribution in [0.25, 0.3) is 22.4 Å². The van der Waals surface area contributed by atoms with Crippen molar-refractivity contribution in [3.8, 4) is 28.1 Å². The maximum Gasteiger partial charge on any atom is 0.119 e. The van der Waals surface area contributed by atoms with E-state index in [4.69, 9.17) is 4.74 Å². The van der Waals surface area contributed by atoms with Gasteiger partial charge >= 0.3 is 0 Å². The van der Waals surface area contributed by atoms with E-state index >= 15 is 0 Å². The Morgan fingerprint density at radius 1 is 0.800 bits per heavy atom. The summed E-state index contributed by atoms with van der Waals surface area (Å²) in [6, 6.07) is 23.8. The molecule has 3 rings (SSSR count). The van der Waals surface area contributed by atoms with Gasteiger partial charge in [-0.25, -0.2) is 0 Å². The van der Waals surface area contributed by atoms with Gasteiger partial charge in [0, 0.05) is 26.3 Å². The maximum absolute atomic E-state index is 6.01. The van der Waals surface area contributed by atoms with Crippen molar-refractivity contribution in [2.45, 2.75) is 58.3 Å². The van der Waals surface area contributed by atoms with Crippen LogP contribution in [0.15, 0.2) is 66.9 Å². The molecule has 2 aromatic carbocycles. The number of hydrogen-bond donors (Lipinski definition) is 0. The predicted octanol–water partition coefficient (Wildman–Crippen LogP) is 7.73. The van der Waals surface area contributed by atoms with Crippen molar-refractivity contribution in [3.63, 3.8) is 0 Å². The molecule has 0 bridgehead atoms. The zero-order valence-corrected chi connectivity index (χ0v) is 20.3. The molecule has 1 aromatic heterocycles. The Bertz CT molecular complexity index is 850. The smallest absolute Gasteiger partial charge is 0.119 e. The van der Waals surface area contributed by atoms with Crippen LogP contribution in [-0.2, 0) is 20.1 Å². The van der Waals surface area contributed by atoms with Gasteiger partial charge in [0.05, 0.1) is 6.61 Å². The van der Waals surface area contributed by atoms with E-state index in [0.717, 1.165) is 41.2 Å². The topological polar surface area (TPSA) is 22.1 Å². The monoisotopic (exact) mass is 579 g/mol. The van der Waals surface area contributed by atoms with Crippen molar-refractivity contribution in [1.29, 1.82) is 0 Å². The molecular weight excluding hydrogens is 547 g/mol. The molecule has 0 aliphatic heterocycles. The van der Waals surface area contributed by atoms with E-state index < -0.39 is 0 Å². The molecule has 0 amide bonds. The summed E-state index contributed by atoms with van der Waals surface area (Å²) in [6.45, 7) is 3.06. The molecule has 0 N–H and O–H groups in total. The van der Waals surface area contributed by atoms with Gasteiger partial charge in [-0.3, -0.25) is 0 Å². The summed E-state index contributed by atoms with van der Waals surface area (Å²) in [5.74, 6) is 0.942. The fourth-order valence-electron chi connectivity index (χ4n) is 3.51. The van der Waals surface area contributed by atoms with Crippen LogP contribution in [0.4, 0.5) is 0 Å². The summed E-state index contributed by atoms with van der Waals surface area (Å²) >= 11 is 0. The standard InChI is InChI=1S/C27H32NO.Ir/c1-2-3-4-5-6-7-8-11-20-29-26-17-13-15-24(22-26)23-14-12-16-25(21-23)27-18-9-10-19-28-27;/h9-10,12-15,17-19,21-22H,2-8,11,20H2,1H3;/q-1;. The molecule has 30 heavy (non-hydrogen) atoms. The van der Waals surface area contributed by atoms with Crippen LogP contribution in [0.5, 0.6) is 5.75 Å². The van der Waals surface area contributed by atoms with Crippen molar-refractivity contribution >= 4 is 0 Å². The van der Waals surface area contributed by atoms with Crippen LogP contribution >= 0.6 is 0 Å². The Kier molecular flexibility index (Phi) is 11.4.